The lowest BCUT2D eigenvalue weighted by Crippen LogP contribution is -2.58. The van der Waals surface area contributed by atoms with E-state index in [1.54, 1.807) is 14.1 Å². The Morgan fingerprint density at radius 2 is 1.86 bits per heavy atom. The van der Waals surface area contributed by atoms with Crippen molar-refractivity contribution >= 4 is 33.5 Å². The highest BCUT2D eigenvalue weighted by atomic mass is 79.9. The number of carbonyl (C=O) groups excluding carboxylic acids is 1. The van der Waals surface area contributed by atoms with Crippen molar-refractivity contribution in [2.24, 2.45) is 4.99 Å². The lowest BCUT2D eigenvalue weighted by Gasteiger charge is -2.42. The molecular weight excluding hydrogens is 446 g/mol. The van der Waals surface area contributed by atoms with Gasteiger partial charge < -0.3 is 15.0 Å². The highest BCUT2D eigenvalue weighted by molar-refractivity contribution is 9.10. The van der Waals surface area contributed by atoms with Crippen molar-refractivity contribution in [3.63, 3.8) is 0 Å². The van der Waals surface area contributed by atoms with Crippen LogP contribution >= 0.6 is 15.9 Å². The van der Waals surface area contributed by atoms with Gasteiger partial charge in [-0.25, -0.2) is 13.6 Å². The van der Waals surface area contributed by atoms with E-state index in [4.69, 9.17) is 4.74 Å². The topological polar surface area (TPSA) is 57.2 Å². The van der Waals surface area contributed by atoms with Crippen molar-refractivity contribution in [1.29, 1.82) is 0 Å². The zero-order chi connectivity index (χ0) is 21.5. The summed E-state index contributed by atoms with van der Waals surface area (Å²) in [6.07, 6.45) is 1.41. The number of amidine groups is 1. The van der Waals surface area contributed by atoms with Gasteiger partial charge in [-0.3, -0.25) is 9.89 Å². The maximum atomic E-state index is 14.6. The molecule has 2 unspecified atom stereocenters. The molecule has 1 amide bonds. The summed E-state index contributed by atoms with van der Waals surface area (Å²) >= 11 is 2.95. The van der Waals surface area contributed by atoms with E-state index in [1.165, 1.54) is 6.07 Å². The lowest BCUT2D eigenvalue weighted by atomic mass is 10.1. The predicted molar refractivity (Wildman–Crippen MR) is 113 cm³/mol. The number of likely N-dealkylation sites (tertiary alicyclic amines) is 1. The van der Waals surface area contributed by atoms with Gasteiger partial charge in [0.05, 0.1) is 22.2 Å². The lowest BCUT2D eigenvalue weighted by molar-refractivity contribution is 0.00285. The second-order valence-electron chi connectivity index (χ2n) is 8.38. The number of carbonyl (C=O) groups is 1. The van der Waals surface area contributed by atoms with Gasteiger partial charge in [-0.15, -0.1) is 0 Å². The van der Waals surface area contributed by atoms with E-state index in [9.17, 15) is 13.6 Å². The third kappa shape index (κ3) is 4.20. The molecule has 0 spiro atoms. The Hall–Kier alpha value is -1.90. The molecule has 3 rings (SSSR count). The molecule has 0 aromatic heterocycles. The van der Waals surface area contributed by atoms with E-state index >= 15 is 0 Å². The van der Waals surface area contributed by atoms with Gasteiger partial charge in [-0.05, 0) is 55.6 Å². The molecule has 1 aromatic carbocycles. The number of aliphatic imine (C=N–C) groups is 1. The van der Waals surface area contributed by atoms with Crippen LogP contribution in [0.5, 0.6) is 0 Å². The van der Waals surface area contributed by atoms with E-state index in [1.807, 2.05) is 30.6 Å². The Bertz CT molecular complexity index is 827. The molecule has 2 aliphatic heterocycles. The van der Waals surface area contributed by atoms with Crippen molar-refractivity contribution in [3.8, 4) is 0 Å². The van der Waals surface area contributed by atoms with Crippen LogP contribution in [0, 0.1) is 11.6 Å². The summed E-state index contributed by atoms with van der Waals surface area (Å²) in [4.78, 5) is 20.8. The fourth-order valence-electron chi connectivity index (χ4n) is 4.14. The minimum atomic E-state index is -0.695. The average Bonchev–Trinajstić information content (AvgIpc) is 2.90. The first-order valence-corrected chi connectivity index (χ1v) is 10.4. The number of ether oxygens (including phenoxy) is 1. The molecule has 0 aliphatic carbocycles. The summed E-state index contributed by atoms with van der Waals surface area (Å²) in [5.74, 6) is -0.882. The Kier molecular flexibility index (Phi) is 6.08. The van der Waals surface area contributed by atoms with E-state index in [0.717, 1.165) is 12.8 Å². The van der Waals surface area contributed by atoms with Crippen molar-refractivity contribution in [2.45, 2.75) is 51.3 Å². The van der Waals surface area contributed by atoms with Gasteiger partial charge in [0.1, 0.15) is 17.3 Å². The molecule has 2 saturated heterocycles. The second kappa shape index (κ2) is 8.08. The smallest absolute Gasteiger partial charge is 0.410 e. The van der Waals surface area contributed by atoms with Crippen LogP contribution in [-0.4, -0.2) is 66.6 Å². The average molecular weight is 473 g/mol. The summed E-state index contributed by atoms with van der Waals surface area (Å²) in [5, 5.41) is 2.81. The van der Waals surface area contributed by atoms with Gasteiger partial charge in [0.25, 0.3) is 0 Å². The monoisotopic (exact) mass is 472 g/mol. The Morgan fingerprint density at radius 3 is 2.34 bits per heavy atom. The Balaban J connectivity index is 1.88. The summed E-state index contributed by atoms with van der Waals surface area (Å²) in [5.41, 5.74) is -0.0168. The first-order valence-electron chi connectivity index (χ1n) is 9.66. The van der Waals surface area contributed by atoms with Crippen LogP contribution in [0.2, 0.25) is 0 Å². The fourth-order valence-corrected chi connectivity index (χ4v) is 4.45. The van der Waals surface area contributed by atoms with Gasteiger partial charge >= 0.3 is 6.09 Å². The van der Waals surface area contributed by atoms with Crippen LogP contribution in [0.1, 0.15) is 39.2 Å². The van der Waals surface area contributed by atoms with Crippen LogP contribution in [0.4, 0.5) is 19.3 Å². The molecule has 9 heteroatoms. The molecule has 0 radical (unpaired) electrons. The number of piperazine rings is 1. The number of hydrogen-bond acceptors (Lipinski definition) is 4. The van der Waals surface area contributed by atoms with Crippen molar-refractivity contribution in [1.82, 2.24) is 9.80 Å². The maximum Gasteiger partial charge on any atom is 0.410 e. The molecule has 6 nitrogen and oxygen atoms in total. The number of halogens is 3. The number of hydrogen-bond donors (Lipinski definition) is 1. The van der Waals surface area contributed by atoms with Crippen LogP contribution in [0.25, 0.3) is 0 Å². The van der Waals surface area contributed by atoms with Crippen molar-refractivity contribution < 1.29 is 18.3 Å². The molecule has 2 atom stereocenters. The minimum Gasteiger partial charge on any atom is -0.444 e. The first kappa shape index (κ1) is 21.8. The van der Waals surface area contributed by atoms with Gasteiger partial charge in [0.2, 0.25) is 0 Å². The SMILES string of the molecule is C/N=C(\c1cc(F)c(Br)c(F)c1NC)N1CC2CCC(C1)N2C(=O)OC(C)(C)C. The second-order valence-corrected chi connectivity index (χ2v) is 9.18. The number of benzene rings is 1. The number of anilines is 1. The van der Waals surface area contributed by atoms with Gasteiger partial charge in [-0.1, -0.05) is 0 Å². The van der Waals surface area contributed by atoms with E-state index in [-0.39, 0.29) is 28.3 Å². The van der Waals surface area contributed by atoms with Crippen LogP contribution in [-0.2, 0) is 4.74 Å². The molecule has 0 saturated carbocycles. The molecule has 2 aliphatic rings. The third-order valence-electron chi connectivity index (χ3n) is 5.25. The summed E-state index contributed by atoms with van der Waals surface area (Å²) in [6.45, 7) is 6.61. The highest BCUT2D eigenvalue weighted by Crippen LogP contribution is 2.35. The summed E-state index contributed by atoms with van der Waals surface area (Å²) in [6, 6.07) is 1.23. The number of rotatable bonds is 2. The normalized spacial score (nSPS) is 22.1. The largest absolute Gasteiger partial charge is 0.444 e. The fraction of sp³-hybridized carbons (Fsp3) is 0.600. The number of amides is 1. The molecule has 2 fully saturated rings. The van der Waals surface area contributed by atoms with Crippen molar-refractivity contribution in [2.75, 3.05) is 32.5 Å². The number of nitrogens with zero attached hydrogens (tertiary/aromatic N) is 3. The van der Waals surface area contributed by atoms with Gasteiger partial charge in [0, 0.05) is 32.7 Å². The molecule has 1 aromatic rings. The molecule has 29 heavy (non-hydrogen) atoms. The van der Waals surface area contributed by atoms with E-state index in [2.05, 4.69) is 26.2 Å². The summed E-state index contributed by atoms with van der Waals surface area (Å²) in [7, 11) is 3.19. The standard InChI is InChI=1S/C20H27BrF2N4O2/c1-20(2,3)29-19(28)27-11-6-7-12(27)10-26(9-11)18(25-5)13-8-14(22)15(21)16(23)17(13)24-4/h8,11-12,24H,6-7,9-10H2,1-5H3/b25-18+. The molecule has 2 bridgehead atoms. The predicted octanol–water partition coefficient (Wildman–Crippen LogP) is 4.23. The highest BCUT2D eigenvalue weighted by Gasteiger charge is 2.45. The minimum absolute atomic E-state index is 0.0245. The van der Waals surface area contributed by atoms with Gasteiger partial charge in [0.15, 0.2) is 5.82 Å². The van der Waals surface area contributed by atoms with Crippen LogP contribution in [0.3, 0.4) is 0 Å². The molecule has 1 N–H and O–H groups in total. The van der Waals surface area contributed by atoms with E-state index < -0.39 is 17.2 Å². The molecular formula is C20H27BrF2N4O2. The quantitative estimate of drug-likeness (QED) is 0.397. The van der Waals surface area contributed by atoms with Crippen molar-refractivity contribution in [3.05, 3.63) is 27.7 Å². The zero-order valence-electron chi connectivity index (χ0n) is 17.4. The summed E-state index contributed by atoms with van der Waals surface area (Å²) < 4.78 is 34.2. The first-order chi connectivity index (χ1) is 13.6. The third-order valence-corrected chi connectivity index (χ3v) is 5.98. The van der Waals surface area contributed by atoms with Crippen LogP contribution in [0.15, 0.2) is 15.5 Å². The number of fused-ring (bicyclic) bond motifs is 2. The number of nitrogens with one attached hydrogen (secondary N) is 1. The van der Waals surface area contributed by atoms with Crippen LogP contribution < -0.4 is 5.32 Å². The molecule has 2 heterocycles. The Morgan fingerprint density at radius 1 is 1.28 bits per heavy atom. The molecule has 160 valence electrons. The van der Waals surface area contributed by atoms with E-state index in [0.29, 0.717) is 24.5 Å². The zero-order valence-corrected chi connectivity index (χ0v) is 18.9. The maximum absolute atomic E-state index is 14.6. The Labute approximate surface area is 178 Å². The van der Waals surface area contributed by atoms with Gasteiger partial charge in [-0.2, -0.15) is 0 Å².